The molecular formula is C17H27NO3S. The van der Waals surface area contributed by atoms with Crippen molar-refractivity contribution in [1.29, 1.82) is 0 Å². The van der Waals surface area contributed by atoms with E-state index in [0.29, 0.717) is 6.42 Å². The second-order valence-corrected chi connectivity index (χ2v) is 9.04. The summed E-state index contributed by atoms with van der Waals surface area (Å²) in [5.41, 5.74) is 2.67. The number of hydrogen-bond donors (Lipinski definition) is 1. The Hall–Kier alpha value is -1.36. The van der Waals surface area contributed by atoms with Gasteiger partial charge in [0.2, 0.25) is 5.91 Å². The molecule has 0 aliphatic rings. The molecule has 1 N–H and O–H groups in total. The maximum Gasteiger partial charge on any atom is 0.220 e. The number of hydrogen-bond acceptors (Lipinski definition) is 3. The minimum Gasteiger partial charge on any atom is -0.355 e. The third kappa shape index (κ3) is 7.59. The van der Waals surface area contributed by atoms with Gasteiger partial charge in [-0.05, 0) is 29.4 Å². The van der Waals surface area contributed by atoms with Crippen LogP contribution in [0.2, 0.25) is 0 Å². The predicted molar refractivity (Wildman–Crippen MR) is 90.8 cm³/mol. The molecule has 0 heterocycles. The largest absolute Gasteiger partial charge is 0.355 e. The molecule has 4 nitrogen and oxygen atoms in total. The molecule has 1 aromatic rings. The normalized spacial score (nSPS) is 12.2. The topological polar surface area (TPSA) is 63.2 Å². The highest BCUT2D eigenvalue weighted by molar-refractivity contribution is 7.90. The van der Waals surface area contributed by atoms with Crippen LogP contribution in [-0.4, -0.2) is 32.9 Å². The fraction of sp³-hybridized carbons (Fsp3) is 0.588. The van der Waals surface area contributed by atoms with Gasteiger partial charge in [-0.2, -0.15) is 0 Å². The van der Waals surface area contributed by atoms with E-state index >= 15 is 0 Å². The molecule has 1 amide bonds. The van der Waals surface area contributed by atoms with Gasteiger partial charge in [-0.1, -0.05) is 45.0 Å². The molecule has 5 heteroatoms. The summed E-state index contributed by atoms with van der Waals surface area (Å²) in [6.45, 7) is 6.74. The van der Waals surface area contributed by atoms with E-state index in [0.717, 1.165) is 12.8 Å². The molecule has 0 saturated carbocycles. The first-order valence-electron chi connectivity index (χ1n) is 7.62. The zero-order valence-electron chi connectivity index (χ0n) is 14.0. The van der Waals surface area contributed by atoms with Gasteiger partial charge >= 0.3 is 0 Å². The number of rotatable bonds is 7. The van der Waals surface area contributed by atoms with Crippen LogP contribution in [0.15, 0.2) is 24.3 Å². The molecule has 1 aromatic carbocycles. The van der Waals surface area contributed by atoms with Gasteiger partial charge in [0, 0.05) is 19.2 Å². The quantitative estimate of drug-likeness (QED) is 0.837. The SMILES string of the molecule is CC(C)(C)c1ccc(CCCC(=O)NCCS(C)(=O)=O)cc1. The summed E-state index contributed by atoms with van der Waals surface area (Å²) in [6.07, 6.45) is 3.20. The van der Waals surface area contributed by atoms with Crippen LogP contribution in [0.4, 0.5) is 0 Å². The highest BCUT2D eigenvalue weighted by atomic mass is 32.2. The molecule has 0 unspecified atom stereocenters. The molecule has 0 spiro atoms. The average Bonchev–Trinajstić information content (AvgIpc) is 2.36. The molecule has 0 aromatic heterocycles. The monoisotopic (exact) mass is 325 g/mol. The molecule has 0 saturated heterocycles. The lowest BCUT2D eigenvalue weighted by molar-refractivity contribution is -0.121. The Morgan fingerprint density at radius 2 is 1.73 bits per heavy atom. The van der Waals surface area contributed by atoms with Crippen molar-refractivity contribution in [3.63, 3.8) is 0 Å². The third-order valence-corrected chi connectivity index (χ3v) is 4.43. The van der Waals surface area contributed by atoms with E-state index in [2.05, 4.69) is 50.4 Å². The van der Waals surface area contributed by atoms with Crippen LogP contribution in [0.25, 0.3) is 0 Å². The minimum atomic E-state index is -3.01. The van der Waals surface area contributed by atoms with Crippen LogP contribution in [0, 0.1) is 0 Å². The fourth-order valence-corrected chi connectivity index (χ4v) is 2.56. The average molecular weight is 325 g/mol. The summed E-state index contributed by atoms with van der Waals surface area (Å²) in [6, 6.07) is 8.51. The molecule has 0 aliphatic carbocycles. The van der Waals surface area contributed by atoms with Crippen LogP contribution in [-0.2, 0) is 26.5 Å². The van der Waals surface area contributed by atoms with Crippen LogP contribution in [0.1, 0.15) is 44.7 Å². The van der Waals surface area contributed by atoms with E-state index in [-0.39, 0.29) is 23.6 Å². The molecular weight excluding hydrogens is 298 g/mol. The first-order valence-corrected chi connectivity index (χ1v) is 9.68. The Morgan fingerprint density at radius 3 is 2.23 bits per heavy atom. The second-order valence-electron chi connectivity index (χ2n) is 6.78. The van der Waals surface area contributed by atoms with E-state index in [4.69, 9.17) is 0 Å². The predicted octanol–water partition coefficient (Wildman–Crippen LogP) is 2.47. The van der Waals surface area contributed by atoms with Crippen molar-refractivity contribution < 1.29 is 13.2 Å². The van der Waals surface area contributed by atoms with Gasteiger partial charge in [0.05, 0.1) is 5.75 Å². The van der Waals surface area contributed by atoms with Gasteiger partial charge in [-0.25, -0.2) is 8.42 Å². The van der Waals surface area contributed by atoms with Crippen molar-refractivity contribution in [2.24, 2.45) is 0 Å². The number of carbonyl (C=O) groups is 1. The Morgan fingerprint density at radius 1 is 1.14 bits per heavy atom. The molecule has 124 valence electrons. The Bertz CT molecular complexity index is 583. The minimum absolute atomic E-state index is 0.00694. The van der Waals surface area contributed by atoms with Crippen molar-refractivity contribution >= 4 is 15.7 Å². The van der Waals surface area contributed by atoms with Crippen LogP contribution in [0.3, 0.4) is 0 Å². The molecule has 0 atom stereocenters. The van der Waals surface area contributed by atoms with E-state index in [1.165, 1.54) is 17.4 Å². The molecule has 0 radical (unpaired) electrons. The molecule has 0 fully saturated rings. The Labute approximate surface area is 134 Å². The second kappa shape index (κ2) is 7.77. The first-order chi connectivity index (χ1) is 10.1. The van der Waals surface area contributed by atoms with E-state index in [9.17, 15) is 13.2 Å². The van der Waals surface area contributed by atoms with Crippen LogP contribution >= 0.6 is 0 Å². The van der Waals surface area contributed by atoms with Crippen LogP contribution in [0.5, 0.6) is 0 Å². The lowest BCUT2D eigenvalue weighted by Crippen LogP contribution is -2.28. The summed E-state index contributed by atoms with van der Waals surface area (Å²) >= 11 is 0. The lowest BCUT2D eigenvalue weighted by atomic mass is 9.86. The molecule has 1 rings (SSSR count). The van der Waals surface area contributed by atoms with Crippen molar-refractivity contribution in [3.8, 4) is 0 Å². The Balaban J connectivity index is 2.31. The molecule has 22 heavy (non-hydrogen) atoms. The van der Waals surface area contributed by atoms with E-state index < -0.39 is 9.84 Å². The number of sulfone groups is 1. The zero-order valence-corrected chi connectivity index (χ0v) is 14.8. The number of carbonyl (C=O) groups excluding carboxylic acids is 1. The van der Waals surface area contributed by atoms with Gasteiger partial charge in [-0.3, -0.25) is 4.79 Å². The highest BCUT2D eigenvalue weighted by Crippen LogP contribution is 2.22. The van der Waals surface area contributed by atoms with Crippen molar-refractivity contribution in [1.82, 2.24) is 5.32 Å². The Kier molecular flexibility index (Phi) is 6.60. The summed E-state index contributed by atoms with van der Waals surface area (Å²) in [5, 5.41) is 2.64. The van der Waals surface area contributed by atoms with Gasteiger partial charge in [0.1, 0.15) is 9.84 Å². The van der Waals surface area contributed by atoms with Gasteiger partial charge in [0.15, 0.2) is 0 Å². The van der Waals surface area contributed by atoms with Crippen molar-refractivity contribution in [2.45, 2.75) is 45.4 Å². The van der Waals surface area contributed by atoms with Crippen LogP contribution < -0.4 is 5.32 Å². The summed E-state index contributed by atoms with van der Waals surface area (Å²) in [5.74, 6) is -0.0949. The summed E-state index contributed by atoms with van der Waals surface area (Å²) < 4.78 is 21.9. The van der Waals surface area contributed by atoms with Gasteiger partial charge in [-0.15, -0.1) is 0 Å². The summed E-state index contributed by atoms with van der Waals surface area (Å²) in [4.78, 5) is 11.6. The maximum absolute atomic E-state index is 11.6. The van der Waals surface area contributed by atoms with Crippen molar-refractivity contribution in [2.75, 3.05) is 18.6 Å². The third-order valence-electron chi connectivity index (χ3n) is 3.48. The van der Waals surface area contributed by atoms with Gasteiger partial charge < -0.3 is 5.32 Å². The number of amides is 1. The lowest BCUT2D eigenvalue weighted by Gasteiger charge is -2.19. The molecule has 0 bridgehead atoms. The fourth-order valence-electron chi connectivity index (χ4n) is 2.09. The highest BCUT2D eigenvalue weighted by Gasteiger charge is 2.12. The van der Waals surface area contributed by atoms with Crippen molar-refractivity contribution in [3.05, 3.63) is 35.4 Å². The van der Waals surface area contributed by atoms with E-state index in [1.54, 1.807) is 0 Å². The smallest absolute Gasteiger partial charge is 0.220 e. The number of nitrogens with one attached hydrogen (secondary N) is 1. The summed E-state index contributed by atoms with van der Waals surface area (Å²) in [7, 11) is -3.01. The van der Waals surface area contributed by atoms with Gasteiger partial charge in [0.25, 0.3) is 0 Å². The number of aryl methyl sites for hydroxylation is 1. The number of benzene rings is 1. The van der Waals surface area contributed by atoms with E-state index in [1.807, 2.05) is 0 Å². The molecule has 0 aliphatic heterocycles. The first kappa shape index (κ1) is 18.7. The zero-order chi connectivity index (χ0) is 16.8. The standard InChI is InChI=1S/C17H27NO3S/c1-17(2,3)15-10-8-14(9-11-15)6-5-7-16(19)18-12-13-22(4,20)21/h8-11H,5-7,12-13H2,1-4H3,(H,18,19). The maximum atomic E-state index is 11.6.